The molecule has 2 heteroatoms. The molecule has 0 aliphatic carbocycles. The van der Waals surface area contributed by atoms with Crippen LogP contribution in [0.5, 0.6) is 0 Å². The maximum Gasteiger partial charge on any atom is 0.262 e. The zero-order valence-corrected chi connectivity index (χ0v) is 46.5. The summed E-state index contributed by atoms with van der Waals surface area (Å²) in [6, 6.07) is 0. The van der Waals surface area contributed by atoms with Gasteiger partial charge in [-0.15, -0.1) is 0 Å². The van der Waals surface area contributed by atoms with E-state index in [4.69, 9.17) is 0 Å². The predicted octanol–water partition coefficient (Wildman–Crippen LogP) is 19.3. The van der Waals surface area contributed by atoms with Crippen LogP contribution in [0.1, 0.15) is 224 Å². The Morgan fingerprint density at radius 1 is 0.321 bits per heavy atom. The monoisotopic (exact) mass is 817 g/mol. The summed E-state index contributed by atoms with van der Waals surface area (Å²) < 4.78 is 0. The maximum absolute atomic E-state index is 2.55. The van der Waals surface area contributed by atoms with Crippen LogP contribution in [0.4, 0.5) is 0 Å². The fraction of sp³-hybridized carbons (Fsp3) is 1.00. The highest BCUT2D eigenvalue weighted by atomic mass is 27.2. The summed E-state index contributed by atoms with van der Waals surface area (Å²) in [5.74, 6) is 10.7. The van der Waals surface area contributed by atoms with Gasteiger partial charge < -0.3 is 0 Å². The Morgan fingerprint density at radius 2 is 0.518 bits per heavy atom. The van der Waals surface area contributed by atoms with Crippen LogP contribution >= 0.6 is 0 Å². The topological polar surface area (TPSA) is 0 Å². The lowest BCUT2D eigenvalue weighted by Crippen LogP contribution is -2.34. The molecule has 0 aromatic heterocycles. The molecule has 0 spiro atoms. The van der Waals surface area contributed by atoms with Crippen molar-refractivity contribution in [1.82, 2.24) is 0 Å². The summed E-state index contributed by atoms with van der Waals surface area (Å²) in [5, 5.41) is 9.45. The highest BCUT2D eigenvalue weighted by molar-refractivity contribution is 6.59. The molecule has 0 bridgehead atoms. The average Bonchev–Trinajstić information content (AvgIpc) is 3.12. The molecule has 0 aromatic carbocycles. The van der Waals surface area contributed by atoms with Crippen LogP contribution in [-0.2, 0) is 0 Å². The van der Waals surface area contributed by atoms with Gasteiger partial charge in [0.25, 0.3) is 28.3 Å². The minimum absolute atomic E-state index is 0.498. The van der Waals surface area contributed by atoms with Crippen LogP contribution in [0.3, 0.4) is 0 Å². The van der Waals surface area contributed by atoms with E-state index in [0.717, 1.165) is 71.0 Å². The Morgan fingerprint density at radius 3 is 0.679 bits per heavy atom. The van der Waals surface area contributed by atoms with E-state index in [1.54, 1.807) is 15.8 Å². The minimum atomic E-state index is -0.794. The normalized spacial score (nSPS) is 17.8. The van der Waals surface area contributed by atoms with E-state index in [2.05, 4.69) is 166 Å². The van der Waals surface area contributed by atoms with Gasteiger partial charge in [-0.25, -0.2) is 0 Å². The van der Waals surface area contributed by atoms with Crippen LogP contribution < -0.4 is 0 Å². The molecule has 0 N–H and O–H groups in total. The summed E-state index contributed by atoms with van der Waals surface area (Å²) in [6.07, 6.45) is 12.4. The fourth-order valence-electron chi connectivity index (χ4n) is 9.86. The van der Waals surface area contributed by atoms with Gasteiger partial charge in [-0.3, -0.25) is 0 Å². The molecule has 0 radical (unpaired) electrons. The highest BCUT2D eigenvalue weighted by Crippen LogP contribution is 2.43. The smallest absolute Gasteiger partial charge is 0.0908 e. The average molecular weight is 817 g/mol. The number of hydrogen-bond acceptors (Lipinski definition) is 0. The molecule has 0 nitrogen and oxygen atoms in total. The van der Waals surface area contributed by atoms with Crippen molar-refractivity contribution >= 4 is 28.3 Å². The zero-order chi connectivity index (χ0) is 44.2. The number of hydrogen-bond donors (Lipinski definition) is 0. The molecule has 0 fully saturated rings. The third-order valence-corrected chi connectivity index (χ3v) is 25.3. The van der Waals surface area contributed by atoms with Gasteiger partial charge in [0.15, 0.2) is 0 Å². The van der Waals surface area contributed by atoms with Crippen LogP contribution in [0.2, 0.25) is 31.7 Å². The Kier molecular flexibility index (Phi) is 31.0. The van der Waals surface area contributed by atoms with E-state index in [9.17, 15) is 0 Å². The lowest BCUT2D eigenvalue weighted by atomic mass is 9.78. The van der Waals surface area contributed by atoms with E-state index in [-0.39, 0.29) is 0 Å². The Labute approximate surface area is 369 Å². The standard InChI is InChI=1S/3C10H21.3C8H17.2Al/c3*1-6-9(4)10(5)7-8(2)3;3*1-6-8(4,5)7(2)3;;/h3*8-10H,5-7H2,1-4H3;3*7H,2,6H2,1,3-5H3;;. The van der Waals surface area contributed by atoms with Gasteiger partial charge in [0, 0.05) is 0 Å². The van der Waals surface area contributed by atoms with Gasteiger partial charge in [0.2, 0.25) is 0 Å². The van der Waals surface area contributed by atoms with Crippen LogP contribution in [0.25, 0.3) is 0 Å². The second kappa shape index (κ2) is 29.4. The van der Waals surface area contributed by atoms with Gasteiger partial charge >= 0.3 is 0 Å². The molecule has 0 amide bonds. The van der Waals surface area contributed by atoms with Crippen molar-refractivity contribution in [2.45, 2.75) is 256 Å². The fourth-order valence-corrected chi connectivity index (χ4v) is 20.5. The van der Waals surface area contributed by atoms with E-state index >= 15 is 0 Å². The van der Waals surface area contributed by atoms with Crippen LogP contribution in [-0.4, -0.2) is 28.3 Å². The first kappa shape index (κ1) is 59.2. The summed E-state index contributed by atoms with van der Waals surface area (Å²) in [7, 11) is 0. The SMILES string of the molecule is CCC(C)(C)C(C)[CH2][Al]([CH2]C(C)C(C)(C)CC)[CH2]C(C)C(C)(C)CC.CCC(C)C(CC(C)C)[CH2][Al]([CH2]C(CC(C)C)C(C)CC)[CH2]C(CC(C)C)C(C)CC. The van der Waals surface area contributed by atoms with Crippen molar-refractivity contribution in [3.05, 3.63) is 0 Å². The summed E-state index contributed by atoms with van der Waals surface area (Å²) >= 11 is -1.54. The third-order valence-electron chi connectivity index (χ3n) is 17.4. The van der Waals surface area contributed by atoms with Gasteiger partial charge in [0.05, 0.1) is 0 Å². The maximum atomic E-state index is 2.55. The van der Waals surface area contributed by atoms with E-state index in [1.165, 1.54) is 73.6 Å². The first-order chi connectivity index (χ1) is 25.7. The first-order valence-corrected chi connectivity index (χ1v) is 30.6. The Hall–Kier alpha value is 1.06. The molecule has 0 aromatic rings. The second-order valence-corrected chi connectivity index (χ2v) is 30.5. The minimum Gasteiger partial charge on any atom is -0.0908 e. The van der Waals surface area contributed by atoms with E-state index in [0.29, 0.717) is 16.2 Å². The first-order valence-electron chi connectivity index (χ1n) is 25.7. The summed E-state index contributed by atoms with van der Waals surface area (Å²) in [5.41, 5.74) is 1.49. The van der Waals surface area contributed by atoms with Crippen molar-refractivity contribution in [2.75, 3.05) is 0 Å². The molecule has 336 valence electrons. The Balaban J connectivity index is 0. The van der Waals surface area contributed by atoms with Crippen molar-refractivity contribution < 1.29 is 0 Å². The molecule has 0 rings (SSSR count). The van der Waals surface area contributed by atoms with E-state index in [1.807, 2.05) is 0 Å². The molecule has 0 aliphatic rings. The molecule has 56 heavy (non-hydrogen) atoms. The van der Waals surface area contributed by atoms with Crippen LogP contribution in [0, 0.1) is 87.3 Å². The molecule has 9 atom stereocenters. The molecule has 0 aliphatic heterocycles. The highest BCUT2D eigenvalue weighted by Gasteiger charge is 2.37. The lowest BCUT2D eigenvalue weighted by Gasteiger charge is -2.38. The third kappa shape index (κ3) is 23.9. The van der Waals surface area contributed by atoms with Gasteiger partial charge in [-0.05, 0) is 71.0 Å². The van der Waals surface area contributed by atoms with Crippen LogP contribution in [0.15, 0.2) is 0 Å². The molecule has 0 saturated carbocycles. The predicted molar refractivity (Wildman–Crippen MR) is 267 cm³/mol. The van der Waals surface area contributed by atoms with E-state index < -0.39 is 28.3 Å². The summed E-state index contributed by atoms with van der Waals surface area (Å²) in [4.78, 5) is 0. The van der Waals surface area contributed by atoms with Gasteiger partial charge in [-0.1, -0.05) is 272 Å². The molecule has 0 saturated heterocycles. The molecule has 9 unspecified atom stereocenters. The number of rotatable bonds is 30. The largest absolute Gasteiger partial charge is 0.262 e. The molecule has 0 heterocycles. The molecular weight excluding hydrogens is 703 g/mol. The van der Waals surface area contributed by atoms with Crippen molar-refractivity contribution in [3.8, 4) is 0 Å². The van der Waals surface area contributed by atoms with Gasteiger partial charge in [0.1, 0.15) is 0 Å². The quantitative estimate of drug-likeness (QED) is 0.0634. The zero-order valence-electron chi connectivity index (χ0n) is 44.2. The summed E-state index contributed by atoms with van der Waals surface area (Å²) in [6.45, 7) is 59.3. The van der Waals surface area contributed by atoms with Crippen molar-refractivity contribution in [3.63, 3.8) is 0 Å². The molecular formula is C54H114Al2. The second-order valence-electron chi connectivity index (χ2n) is 24.2. The van der Waals surface area contributed by atoms with Crippen molar-refractivity contribution in [2.24, 2.45) is 87.3 Å². The van der Waals surface area contributed by atoms with Crippen molar-refractivity contribution in [1.29, 1.82) is 0 Å². The lowest BCUT2D eigenvalue weighted by molar-refractivity contribution is 0.221. The Bertz CT molecular complexity index is 810. The van der Waals surface area contributed by atoms with Gasteiger partial charge in [-0.2, -0.15) is 0 Å².